The van der Waals surface area contributed by atoms with E-state index >= 15 is 0 Å². The van der Waals surface area contributed by atoms with E-state index in [1.165, 1.54) is 71.7 Å². The molecule has 0 N–H and O–H groups in total. The number of hydrogen-bond acceptors (Lipinski definition) is 1. The van der Waals surface area contributed by atoms with Gasteiger partial charge in [-0.15, -0.1) is 0 Å². The van der Waals surface area contributed by atoms with Crippen molar-refractivity contribution < 1.29 is 4.42 Å². The highest BCUT2D eigenvalue weighted by Crippen LogP contribution is 2.44. The first kappa shape index (κ1) is 24.6. The van der Waals surface area contributed by atoms with Crippen LogP contribution in [0, 0.1) is 0 Å². The molecule has 0 aliphatic heterocycles. The van der Waals surface area contributed by atoms with Gasteiger partial charge in [-0.25, -0.2) is 0 Å². The number of aromatic nitrogens is 2. The zero-order valence-corrected chi connectivity index (χ0v) is 24.5. The fourth-order valence-corrected chi connectivity index (χ4v) is 7.72. The van der Waals surface area contributed by atoms with E-state index in [9.17, 15) is 0 Å². The van der Waals surface area contributed by atoms with E-state index in [1.807, 2.05) is 6.07 Å². The van der Waals surface area contributed by atoms with Crippen LogP contribution in [0.2, 0.25) is 0 Å². The van der Waals surface area contributed by atoms with Gasteiger partial charge in [-0.05, 0) is 66.6 Å². The van der Waals surface area contributed by atoms with Crippen LogP contribution < -0.4 is 0 Å². The summed E-state index contributed by atoms with van der Waals surface area (Å²) >= 11 is 0. The van der Waals surface area contributed by atoms with Crippen molar-refractivity contribution in [1.82, 2.24) is 9.13 Å². The molecule has 3 heteroatoms. The Bertz CT molecular complexity index is 2580. The average Bonchev–Trinajstić information content (AvgIpc) is 3.76. The summed E-state index contributed by atoms with van der Waals surface area (Å²) in [6.07, 6.45) is 5.61. The summed E-state index contributed by atoms with van der Waals surface area (Å²) in [4.78, 5) is 0. The molecule has 0 fully saturated rings. The van der Waals surface area contributed by atoms with E-state index in [1.54, 1.807) is 0 Å². The SMILES string of the molecule is C1=Cc2c(n(-c3ccccc3)c3ccc(-n4c5ccccc5c5ccccc54)cc23)C(c2ccc3c(c2)oc2ccccc23)C1. The second kappa shape index (κ2) is 9.35. The van der Waals surface area contributed by atoms with Gasteiger partial charge in [0, 0.05) is 55.5 Å². The molecular weight excluding hydrogens is 548 g/mol. The lowest BCUT2D eigenvalue weighted by Crippen LogP contribution is -2.11. The number of nitrogens with zero attached hydrogens (tertiary/aromatic N) is 2. The van der Waals surface area contributed by atoms with Gasteiger partial charge in [0.2, 0.25) is 0 Å². The van der Waals surface area contributed by atoms with E-state index in [0.717, 1.165) is 17.6 Å². The maximum absolute atomic E-state index is 6.35. The van der Waals surface area contributed by atoms with Crippen molar-refractivity contribution in [1.29, 1.82) is 0 Å². The predicted molar refractivity (Wildman–Crippen MR) is 187 cm³/mol. The molecule has 10 rings (SSSR count). The van der Waals surface area contributed by atoms with Crippen molar-refractivity contribution >= 4 is 60.7 Å². The van der Waals surface area contributed by atoms with Crippen molar-refractivity contribution in [2.24, 2.45) is 0 Å². The van der Waals surface area contributed by atoms with Gasteiger partial charge in [0.15, 0.2) is 0 Å². The highest BCUT2D eigenvalue weighted by atomic mass is 16.3. The molecule has 0 amide bonds. The van der Waals surface area contributed by atoms with E-state index < -0.39 is 0 Å². The lowest BCUT2D eigenvalue weighted by atomic mass is 9.85. The molecule has 0 saturated carbocycles. The molecular formula is C42H28N2O. The molecule has 212 valence electrons. The first-order valence-electron chi connectivity index (χ1n) is 15.6. The number of fused-ring (bicyclic) bond motifs is 9. The first-order chi connectivity index (χ1) is 22.3. The van der Waals surface area contributed by atoms with Crippen LogP contribution >= 0.6 is 0 Å². The molecule has 9 aromatic rings. The zero-order chi connectivity index (χ0) is 29.5. The van der Waals surface area contributed by atoms with Gasteiger partial charge >= 0.3 is 0 Å². The maximum Gasteiger partial charge on any atom is 0.135 e. The van der Waals surface area contributed by atoms with Crippen LogP contribution in [0.3, 0.4) is 0 Å². The Labute approximate surface area is 259 Å². The van der Waals surface area contributed by atoms with Gasteiger partial charge in [-0.1, -0.05) is 97.1 Å². The van der Waals surface area contributed by atoms with Gasteiger partial charge in [0.25, 0.3) is 0 Å². The molecule has 3 heterocycles. The van der Waals surface area contributed by atoms with Crippen LogP contribution in [0.5, 0.6) is 0 Å². The van der Waals surface area contributed by atoms with E-state index in [2.05, 4.69) is 155 Å². The molecule has 1 aliphatic carbocycles. The molecule has 3 aromatic heterocycles. The smallest absolute Gasteiger partial charge is 0.135 e. The molecule has 0 saturated heterocycles. The lowest BCUT2D eigenvalue weighted by Gasteiger charge is -2.23. The van der Waals surface area contributed by atoms with Gasteiger partial charge in [0.05, 0.1) is 16.6 Å². The highest BCUT2D eigenvalue weighted by Gasteiger charge is 2.28. The number of para-hydroxylation sites is 4. The lowest BCUT2D eigenvalue weighted by molar-refractivity contribution is 0.666. The van der Waals surface area contributed by atoms with E-state index in [-0.39, 0.29) is 5.92 Å². The van der Waals surface area contributed by atoms with Crippen LogP contribution in [0.1, 0.15) is 29.2 Å². The second-order valence-electron chi connectivity index (χ2n) is 12.1. The molecule has 0 bridgehead atoms. The molecule has 1 aliphatic rings. The van der Waals surface area contributed by atoms with Crippen molar-refractivity contribution in [2.45, 2.75) is 12.3 Å². The molecule has 0 radical (unpaired) electrons. The van der Waals surface area contributed by atoms with Crippen molar-refractivity contribution in [3.05, 3.63) is 162 Å². The quantitative estimate of drug-likeness (QED) is 0.205. The summed E-state index contributed by atoms with van der Waals surface area (Å²) in [6.45, 7) is 0. The average molecular weight is 577 g/mol. The molecule has 0 spiro atoms. The number of hydrogen-bond donors (Lipinski definition) is 0. The van der Waals surface area contributed by atoms with Gasteiger partial charge in [-0.3, -0.25) is 0 Å². The van der Waals surface area contributed by atoms with Crippen LogP contribution in [0.4, 0.5) is 0 Å². The summed E-state index contributed by atoms with van der Waals surface area (Å²) in [5, 5.41) is 6.15. The number of allylic oxidation sites excluding steroid dienone is 1. The summed E-state index contributed by atoms with van der Waals surface area (Å²) in [5.41, 5.74) is 11.8. The molecule has 1 atom stereocenters. The minimum atomic E-state index is 0.187. The second-order valence-corrected chi connectivity index (χ2v) is 12.1. The van der Waals surface area contributed by atoms with E-state index in [0.29, 0.717) is 0 Å². The first-order valence-corrected chi connectivity index (χ1v) is 15.6. The van der Waals surface area contributed by atoms with Crippen molar-refractivity contribution in [3.63, 3.8) is 0 Å². The number of rotatable bonds is 3. The van der Waals surface area contributed by atoms with Gasteiger partial charge < -0.3 is 13.6 Å². The minimum absolute atomic E-state index is 0.187. The highest BCUT2D eigenvalue weighted by molar-refractivity contribution is 6.10. The fourth-order valence-electron chi connectivity index (χ4n) is 7.72. The topological polar surface area (TPSA) is 23.0 Å². The third-order valence-electron chi connectivity index (χ3n) is 9.67. The van der Waals surface area contributed by atoms with Crippen molar-refractivity contribution in [2.75, 3.05) is 0 Å². The van der Waals surface area contributed by atoms with Crippen LogP contribution in [0.25, 0.3) is 72.1 Å². The fraction of sp³-hybridized carbons (Fsp3) is 0.0476. The van der Waals surface area contributed by atoms with Gasteiger partial charge in [0.1, 0.15) is 11.2 Å². The predicted octanol–water partition coefficient (Wildman–Crippen LogP) is 11.2. The third kappa shape index (κ3) is 3.52. The monoisotopic (exact) mass is 576 g/mol. The standard InChI is InChI=1S/C42H28N2O/c1-2-11-28(12-3-1)44-39-24-22-29(43-37-18-7-4-13-31(37)32-14-5-8-19-38(32)43)26-36(39)35-17-10-16-30(42(35)44)27-21-23-34-33-15-6-9-20-40(33)45-41(34)25-27/h1-15,17-26,30H,16H2. The largest absolute Gasteiger partial charge is 0.456 e. The summed E-state index contributed by atoms with van der Waals surface area (Å²) in [7, 11) is 0. The Morgan fingerprint density at radius 2 is 1.16 bits per heavy atom. The summed E-state index contributed by atoms with van der Waals surface area (Å²) in [5.74, 6) is 0.187. The molecule has 45 heavy (non-hydrogen) atoms. The molecule has 1 unspecified atom stereocenters. The Kier molecular flexibility index (Phi) is 5.11. The number of furan rings is 1. The molecule has 6 aromatic carbocycles. The van der Waals surface area contributed by atoms with Crippen LogP contribution in [0.15, 0.2) is 150 Å². The van der Waals surface area contributed by atoms with Crippen LogP contribution in [-0.2, 0) is 0 Å². The Morgan fingerprint density at radius 1 is 0.489 bits per heavy atom. The van der Waals surface area contributed by atoms with Crippen molar-refractivity contribution in [3.8, 4) is 11.4 Å². The van der Waals surface area contributed by atoms with Crippen LogP contribution in [-0.4, -0.2) is 9.13 Å². The minimum Gasteiger partial charge on any atom is -0.456 e. The molecule has 3 nitrogen and oxygen atoms in total. The third-order valence-corrected chi connectivity index (χ3v) is 9.67. The Balaban J connectivity index is 1.23. The summed E-state index contributed by atoms with van der Waals surface area (Å²) in [6, 6.07) is 50.4. The van der Waals surface area contributed by atoms with Gasteiger partial charge in [-0.2, -0.15) is 0 Å². The maximum atomic E-state index is 6.35. The zero-order valence-electron chi connectivity index (χ0n) is 24.5. The summed E-state index contributed by atoms with van der Waals surface area (Å²) < 4.78 is 11.2. The van der Waals surface area contributed by atoms with E-state index in [4.69, 9.17) is 4.42 Å². The Hall–Kier alpha value is -5.80. The Morgan fingerprint density at radius 3 is 1.96 bits per heavy atom. The number of benzene rings is 6. The normalized spacial score (nSPS) is 14.7.